The van der Waals surface area contributed by atoms with Crippen LogP contribution in [0.15, 0.2) is 42.5 Å². The van der Waals surface area contributed by atoms with Crippen molar-refractivity contribution in [1.82, 2.24) is 0 Å². The molecule has 0 saturated carbocycles. The minimum absolute atomic E-state index is 0.292. The van der Waals surface area contributed by atoms with Gasteiger partial charge in [0, 0.05) is 0 Å². The van der Waals surface area contributed by atoms with E-state index < -0.39 is 5.97 Å². The molecule has 0 heterocycles. The maximum atomic E-state index is 10.9. The van der Waals surface area contributed by atoms with Gasteiger partial charge in [-0.15, -0.1) is 0 Å². The van der Waals surface area contributed by atoms with Crippen LogP contribution in [0.25, 0.3) is 0 Å². The maximum absolute atomic E-state index is 10.9. The monoisotopic (exact) mass is 268 g/mol. The van der Waals surface area contributed by atoms with Crippen molar-refractivity contribution in [1.29, 1.82) is 0 Å². The van der Waals surface area contributed by atoms with E-state index >= 15 is 0 Å². The lowest BCUT2D eigenvalue weighted by molar-refractivity contribution is 0.0696. The molecule has 1 aliphatic rings. The third-order valence-corrected chi connectivity index (χ3v) is 3.65. The maximum Gasteiger partial charge on any atom is 0.335 e. The molecule has 3 nitrogen and oxygen atoms in total. The second-order valence-electron chi connectivity index (χ2n) is 5.08. The summed E-state index contributed by atoms with van der Waals surface area (Å²) in [5, 5.41) is 8.96. The lowest BCUT2D eigenvalue weighted by Gasteiger charge is -2.08. The number of hydrogen-bond acceptors (Lipinski definition) is 2. The van der Waals surface area contributed by atoms with Crippen LogP contribution in [-0.4, -0.2) is 11.1 Å². The molecule has 3 heteroatoms. The molecule has 0 radical (unpaired) electrons. The van der Waals surface area contributed by atoms with Crippen LogP contribution < -0.4 is 4.74 Å². The standard InChI is InChI=1S/C17H16O3/c18-17(19)15-6-1-3-12(9-15)11-20-16-8-7-13-4-2-5-14(13)10-16/h1,3,6-10H,2,4-5,11H2,(H,18,19). The number of carboxylic acid groups (broad SMARTS) is 1. The minimum atomic E-state index is -0.913. The van der Waals surface area contributed by atoms with Crippen LogP contribution in [0.4, 0.5) is 0 Å². The molecule has 0 saturated heterocycles. The summed E-state index contributed by atoms with van der Waals surface area (Å²) in [6.07, 6.45) is 3.51. The average molecular weight is 268 g/mol. The summed E-state index contributed by atoms with van der Waals surface area (Å²) in [7, 11) is 0. The van der Waals surface area contributed by atoms with E-state index in [1.807, 2.05) is 12.1 Å². The summed E-state index contributed by atoms with van der Waals surface area (Å²) in [6.45, 7) is 0.389. The fourth-order valence-electron chi connectivity index (χ4n) is 2.60. The third-order valence-electron chi connectivity index (χ3n) is 3.65. The smallest absolute Gasteiger partial charge is 0.335 e. The van der Waals surface area contributed by atoms with Crippen molar-refractivity contribution in [2.24, 2.45) is 0 Å². The predicted molar refractivity (Wildman–Crippen MR) is 76.2 cm³/mol. The zero-order valence-electron chi connectivity index (χ0n) is 11.1. The van der Waals surface area contributed by atoms with Gasteiger partial charge in [-0.1, -0.05) is 18.2 Å². The SMILES string of the molecule is O=C(O)c1cccc(COc2ccc3c(c2)CCC3)c1. The summed E-state index contributed by atoms with van der Waals surface area (Å²) in [5.41, 5.74) is 3.96. The highest BCUT2D eigenvalue weighted by Crippen LogP contribution is 2.26. The Labute approximate surface area is 117 Å². The molecule has 0 atom stereocenters. The Balaban J connectivity index is 1.70. The van der Waals surface area contributed by atoms with Gasteiger partial charge in [0.25, 0.3) is 0 Å². The molecule has 0 aromatic heterocycles. The molecule has 1 aliphatic carbocycles. The van der Waals surface area contributed by atoms with Crippen molar-refractivity contribution in [3.8, 4) is 5.75 Å². The van der Waals surface area contributed by atoms with E-state index in [2.05, 4.69) is 12.1 Å². The number of ether oxygens (including phenoxy) is 1. The first-order valence-electron chi connectivity index (χ1n) is 6.79. The normalized spacial score (nSPS) is 13.0. The molecule has 2 aromatic rings. The van der Waals surface area contributed by atoms with Gasteiger partial charge in [0.2, 0.25) is 0 Å². The van der Waals surface area contributed by atoms with E-state index in [9.17, 15) is 4.79 Å². The highest BCUT2D eigenvalue weighted by molar-refractivity contribution is 5.87. The van der Waals surface area contributed by atoms with Crippen LogP contribution in [0.1, 0.15) is 33.5 Å². The molecule has 2 aromatic carbocycles. The molecule has 0 amide bonds. The Morgan fingerprint density at radius 3 is 2.80 bits per heavy atom. The third kappa shape index (κ3) is 2.67. The molecule has 0 bridgehead atoms. The molecule has 0 unspecified atom stereocenters. The van der Waals surface area contributed by atoms with Crippen LogP contribution in [0.3, 0.4) is 0 Å². The topological polar surface area (TPSA) is 46.5 Å². The number of carboxylic acids is 1. The van der Waals surface area contributed by atoms with Gasteiger partial charge in [-0.2, -0.15) is 0 Å². The molecule has 0 fully saturated rings. The number of benzene rings is 2. The van der Waals surface area contributed by atoms with Crippen molar-refractivity contribution in [2.45, 2.75) is 25.9 Å². The Morgan fingerprint density at radius 2 is 1.95 bits per heavy atom. The van der Waals surface area contributed by atoms with Crippen LogP contribution in [0, 0.1) is 0 Å². The molecule has 20 heavy (non-hydrogen) atoms. The first-order chi connectivity index (χ1) is 9.72. The van der Waals surface area contributed by atoms with E-state index in [0.717, 1.165) is 24.2 Å². The molecular formula is C17H16O3. The van der Waals surface area contributed by atoms with Crippen LogP contribution in [0.5, 0.6) is 5.75 Å². The van der Waals surface area contributed by atoms with Gasteiger partial charge in [-0.25, -0.2) is 4.79 Å². The van der Waals surface area contributed by atoms with Crippen molar-refractivity contribution in [2.75, 3.05) is 0 Å². The van der Waals surface area contributed by atoms with Gasteiger partial charge >= 0.3 is 5.97 Å². The van der Waals surface area contributed by atoms with Gasteiger partial charge in [0.1, 0.15) is 12.4 Å². The molecule has 0 aliphatic heterocycles. The Morgan fingerprint density at radius 1 is 1.10 bits per heavy atom. The molecule has 102 valence electrons. The highest BCUT2D eigenvalue weighted by Gasteiger charge is 2.11. The quantitative estimate of drug-likeness (QED) is 0.923. The minimum Gasteiger partial charge on any atom is -0.489 e. The summed E-state index contributed by atoms with van der Waals surface area (Å²) < 4.78 is 5.76. The van der Waals surface area contributed by atoms with Gasteiger partial charge in [0.05, 0.1) is 5.56 Å². The summed E-state index contributed by atoms with van der Waals surface area (Å²) in [4.78, 5) is 10.9. The number of aryl methyl sites for hydroxylation is 2. The Bertz CT molecular complexity index is 646. The van der Waals surface area contributed by atoms with Crippen molar-refractivity contribution in [3.63, 3.8) is 0 Å². The number of fused-ring (bicyclic) bond motifs is 1. The summed E-state index contributed by atoms with van der Waals surface area (Å²) in [6, 6.07) is 13.1. The molecule has 1 N–H and O–H groups in total. The number of hydrogen-bond donors (Lipinski definition) is 1. The molecule has 3 rings (SSSR count). The van der Waals surface area contributed by atoms with Gasteiger partial charge in [0.15, 0.2) is 0 Å². The average Bonchev–Trinajstić information content (AvgIpc) is 2.93. The zero-order chi connectivity index (χ0) is 13.9. The number of rotatable bonds is 4. The first-order valence-corrected chi connectivity index (χ1v) is 6.79. The van der Waals surface area contributed by atoms with E-state index in [4.69, 9.17) is 9.84 Å². The van der Waals surface area contributed by atoms with Crippen molar-refractivity contribution in [3.05, 3.63) is 64.7 Å². The predicted octanol–water partition coefficient (Wildman–Crippen LogP) is 3.45. The zero-order valence-corrected chi connectivity index (χ0v) is 11.1. The second-order valence-corrected chi connectivity index (χ2v) is 5.08. The summed E-state index contributed by atoms with van der Waals surface area (Å²) in [5.74, 6) is -0.0595. The Kier molecular flexibility index (Phi) is 3.42. The van der Waals surface area contributed by atoms with Crippen LogP contribution in [0.2, 0.25) is 0 Å². The van der Waals surface area contributed by atoms with E-state index in [1.54, 1.807) is 18.2 Å². The fraction of sp³-hybridized carbons (Fsp3) is 0.235. The van der Waals surface area contributed by atoms with Gasteiger partial charge in [-0.3, -0.25) is 0 Å². The van der Waals surface area contributed by atoms with E-state index in [1.165, 1.54) is 17.5 Å². The van der Waals surface area contributed by atoms with Crippen LogP contribution in [-0.2, 0) is 19.4 Å². The van der Waals surface area contributed by atoms with E-state index in [-0.39, 0.29) is 0 Å². The number of carbonyl (C=O) groups is 1. The van der Waals surface area contributed by atoms with Gasteiger partial charge in [-0.05, 0) is 60.2 Å². The second kappa shape index (κ2) is 5.37. The van der Waals surface area contributed by atoms with Crippen LogP contribution >= 0.6 is 0 Å². The first kappa shape index (κ1) is 12.7. The van der Waals surface area contributed by atoms with Crippen molar-refractivity contribution < 1.29 is 14.6 Å². The number of aromatic carboxylic acids is 1. The lowest BCUT2D eigenvalue weighted by atomic mass is 10.1. The largest absolute Gasteiger partial charge is 0.489 e. The highest BCUT2D eigenvalue weighted by atomic mass is 16.5. The Hall–Kier alpha value is -2.29. The lowest BCUT2D eigenvalue weighted by Crippen LogP contribution is -2.00. The van der Waals surface area contributed by atoms with Crippen molar-refractivity contribution >= 4 is 5.97 Å². The molecular weight excluding hydrogens is 252 g/mol. The fourth-order valence-corrected chi connectivity index (χ4v) is 2.60. The van der Waals surface area contributed by atoms with Gasteiger partial charge < -0.3 is 9.84 Å². The molecule has 0 spiro atoms. The van der Waals surface area contributed by atoms with E-state index in [0.29, 0.717) is 12.2 Å². The summed E-state index contributed by atoms with van der Waals surface area (Å²) >= 11 is 0.